The number of aromatic amines is 1. The van der Waals surface area contributed by atoms with Gasteiger partial charge in [-0.3, -0.25) is 4.79 Å². The van der Waals surface area contributed by atoms with Gasteiger partial charge in [0.15, 0.2) is 0 Å². The Hall–Kier alpha value is -2.46. The summed E-state index contributed by atoms with van der Waals surface area (Å²) in [4.78, 5) is 17.4. The summed E-state index contributed by atoms with van der Waals surface area (Å²) in [5.41, 5.74) is 2.34. The van der Waals surface area contributed by atoms with Crippen LogP contribution in [-0.2, 0) is 6.54 Å². The molecule has 0 fully saturated rings. The van der Waals surface area contributed by atoms with E-state index in [1.54, 1.807) is 19.1 Å². The Labute approximate surface area is 139 Å². The van der Waals surface area contributed by atoms with Crippen LogP contribution >= 0.6 is 11.6 Å². The molecule has 118 valence electrons. The third kappa shape index (κ3) is 3.17. The van der Waals surface area contributed by atoms with Gasteiger partial charge in [-0.05, 0) is 29.8 Å². The van der Waals surface area contributed by atoms with Gasteiger partial charge in [0.05, 0.1) is 7.11 Å². The number of nitrogens with one attached hydrogen (secondary N) is 1. The summed E-state index contributed by atoms with van der Waals surface area (Å²) >= 11 is 6.16. The molecule has 0 atom stereocenters. The number of carbonyl (C=O) groups is 1. The normalized spacial score (nSPS) is 10.7. The van der Waals surface area contributed by atoms with E-state index >= 15 is 0 Å². The van der Waals surface area contributed by atoms with Crippen LogP contribution in [0.25, 0.3) is 10.9 Å². The predicted octanol–water partition coefficient (Wildman–Crippen LogP) is 4.10. The molecule has 0 unspecified atom stereocenters. The third-order valence-corrected chi connectivity index (χ3v) is 4.14. The summed E-state index contributed by atoms with van der Waals surface area (Å²) in [6.07, 6.45) is 0. The Morgan fingerprint density at radius 1 is 1.22 bits per heavy atom. The van der Waals surface area contributed by atoms with Crippen molar-refractivity contribution >= 4 is 28.4 Å². The zero-order valence-corrected chi connectivity index (χ0v) is 13.7. The number of fused-ring (bicyclic) bond motifs is 1. The van der Waals surface area contributed by atoms with E-state index in [9.17, 15) is 4.79 Å². The van der Waals surface area contributed by atoms with E-state index in [0.29, 0.717) is 17.3 Å². The van der Waals surface area contributed by atoms with E-state index in [-0.39, 0.29) is 5.91 Å². The summed E-state index contributed by atoms with van der Waals surface area (Å²) in [5, 5.41) is 1.63. The summed E-state index contributed by atoms with van der Waals surface area (Å²) in [7, 11) is 3.38. The maximum absolute atomic E-state index is 12.6. The maximum Gasteiger partial charge on any atom is 0.270 e. The van der Waals surface area contributed by atoms with Crippen LogP contribution in [0.4, 0.5) is 0 Å². The fourth-order valence-electron chi connectivity index (χ4n) is 2.51. The fraction of sp³-hybridized carbons (Fsp3) is 0.167. The number of ether oxygens (including phenoxy) is 1. The average molecular weight is 329 g/mol. The molecule has 23 heavy (non-hydrogen) atoms. The molecule has 5 heteroatoms. The van der Waals surface area contributed by atoms with E-state index in [2.05, 4.69) is 4.98 Å². The van der Waals surface area contributed by atoms with Crippen LogP contribution in [-0.4, -0.2) is 29.9 Å². The highest BCUT2D eigenvalue weighted by molar-refractivity contribution is 6.31. The Kier molecular flexibility index (Phi) is 4.26. The molecule has 1 N–H and O–H groups in total. The molecule has 0 saturated carbocycles. The highest BCUT2D eigenvalue weighted by atomic mass is 35.5. The van der Waals surface area contributed by atoms with Crippen molar-refractivity contribution in [1.29, 1.82) is 0 Å². The van der Waals surface area contributed by atoms with Crippen molar-refractivity contribution < 1.29 is 9.53 Å². The SMILES string of the molecule is COc1ccc2cc(C(=O)N(C)Cc3ccccc3Cl)[nH]c2c1. The second kappa shape index (κ2) is 6.34. The molecular formula is C18H17ClN2O2. The quantitative estimate of drug-likeness (QED) is 0.783. The van der Waals surface area contributed by atoms with Gasteiger partial charge in [0.2, 0.25) is 0 Å². The Morgan fingerprint density at radius 2 is 2.00 bits per heavy atom. The van der Waals surface area contributed by atoms with Crippen molar-refractivity contribution in [2.45, 2.75) is 6.54 Å². The van der Waals surface area contributed by atoms with Crippen LogP contribution in [0.1, 0.15) is 16.1 Å². The number of hydrogen-bond donors (Lipinski definition) is 1. The molecule has 3 aromatic rings. The monoisotopic (exact) mass is 328 g/mol. The molecule has 0 aliphatic heterocycles. The Balaban J connectivity index is 1.83. The first-order valence-electron chi connectivity index (χ1n) is 7.24. The minimum absolute atomic E-state index is 0.0833. The highest BCUT2D eigenvalue weighted by Gasteiger charge is 2.15. The van der Waals surface area contributed by atoms with Gasteiger partial charge < -0.3 is 14.6 Å². The van der Waals surface area contributed by atoms with Crippen LogP contribution in [0, 0.1) is 0 Å². The van der Waals surface area contributed by atoms with Crippen LogP contribution < -0.4 is 4.74 Å². The van der Waals surface area contributed by atoms with Crippen molar-refractivity contribution in [2.75, 3.05) is 14.2 Å². The molecule has 0 spiro atoms. The number of amides is 1. The molecule has 0 bridgehead atoms. The smallest absolute Gasteiger partial charge is 0.270 e. The lowest BCUT2D eigenvalue weighted by Gasteiger charge is -2.17. The van der Waals surface area contributed by atoms with Gasteiger partial charge in [0, 0.05) is 35.6 Å². The van der Waals surface area contributed by atoms with Gasteiger partial charge in [-0.1, -0.05) is 29.8 Å². The fourth-order valence-corrected chi connectivity index (χ4v) is 2.70. The molecule has 4 nitrogen and oxygen atoms in total. The molecule has 0 aliphatic carbocycles. The molecule has 1 amide bonds. The highest BCUT2D eigenvalue weighted by Crippen LogP contribution is 2.22. The first kappa shape index (κ1) is 15.4. The van der Waals surface area contributed by atoms with Crippen LogP contribution in [0.2, 0.25) is 5.02 Å². The number of carbonyl (C=O) groups excluding carboxylic acids is 1. The molecule has 3 rings (SSSR count). The second-order valence-electron chi connectivity index (χ2n) is 5.39. The van der Waals surface area contributed by atoms with Gasteiger partial charge >= 0.3 is 0 Å². The van der Waals surface area contributed by atoms with Crippen LogP contribution in [0.15, 0.2) is 48.5 Å². The average Bonchev–Trinajstić information content (AvgIpc) is 2.99. The Bertz CT molecular complexity index is 857. The molecule has 0 aliphatic rings. The van der Waals surface area contributed by atoms with Gasteiger partial charge in [0.25, 0.3) is 5.91 Å². The second-order valence-corrected chi connectivity index (χ2v) is 5.80. The van der Waals surface area contributed by atoms with Crippen molar-refractivity contribution in [2.24, 2.45) is 0 Å². The minimum atomic E-state index is -0.0833. The Morgan fingerprint density at radius 3 is 2.74 bits per heavy atom. The predicted molar refractivity (Wildman–Crippen MR) is 92.1 cm³/mol. The number of hydrogen-bond acceptors (Lipinski definition) is 2. The first-order chi connectivity index (χ1) is 11.1. The molecular weight excluding hydrogens is 312 g/mol. The summed E-state index contributed by atoms with van der Waals surface area (Å²) in [6.45, 7) is 0.456. The van der Waals surface area contributed by atoms with Crippen molar-refractivity contribution in [3.63, 3.8) is 0 Å². The maximum atomic E-state index is 12.6. The summed E-state index contributed by atoms with van der Waals surface area (Å²) < 4.78 is 5.20. The zero-order valence-electron chi connectivity index (χ0n) is 13.0. The lowest BCUT2D eigenvalue weighted by atomic mass is 10.2. The molecule has 0 saturated heterocycles. The summed E-state index contributed by atoms with van der Waals surface area (Å²) in [6, 6.07) is 15.0. The number of nitrogens with zero attached hydrogens (tertiary/aromatic N) is 1. The lowest BCUT2D eigenvalue weighted by molar-refractivity contribution is 0.0780. The molecule has 1 aromatic heterocycles. The number of halogens is 1. The van der Waals surface area contributed by atoms with Crippen LogP contribution in [0.5, 0.6) is 5.75 Å². The largest absolute Gasteiger partial charge is 0.497 e. The van der Waals surface area contributed by atoms with E-state index in [1.807, 2.05) is 48.5 Å². The number of aromatic nitrogens is 1. The number of methoxy groups -OCH3 is 1. The van der Waals surface area contributed by atoms with E-state index in [4.69, 9.17) is 16.3 Å². The number of rotatable bonds is 4. The standard InChI is InChI=1S/C18H17ClN2O2/c1-21(11-13-5-3-4-6-15(13)19)18(22)17-9-12-7-8-14(23-2)10-16(12)20-17/h3-10,20H,11H2,1-2H3. The number of H-pyrrole nitrogens is 1. The van der Waals surface area contributed by atoms with Gasteiger partial charge in [-0.25, -0.2) is 0 Å². The van der Waals surface area contributed by atoms with E-state index in [1.165, 1.54) is 0 Å². The zero-order chi connectivity index (χ0) is 16.4. The van der Waals surface area contributed by atoms with Crippen molar-refractivity contribution in [3.05, 3.63) is 64.8 Å². The topological polar surface area (TPSA) is 45.3 Å². The molecule has 1 heterocycles. The number of benzene rings is 2. The van der Waals surface area contributed by atoms with Crippen LogP contribution in [0.3, 0.4) is 0 Å². The van der Waals surface area contributed by atoms with Crippen molar-refractivity contribution in [1.82, 2.24) is 9.88 Å². The lowest BCUT2D eigenvalue weighted by Crippen LogP contribution is -2.26. The van der Waals surface area contributed by atoms with E-state index in [0.717, 1.165) is 22.2 Å². The summed E-state index contributed by atoms with van der Waals surface area (Å²) in [5.74, 6) is 0.669. The molecule has 0 radical (unpaired) electrons. The van der Waals surface area contributed by atoms with E-state index < -0.39 is 0 Å². The van der Waals surface area contributed by atoms with Gasteiger partial charge in [-0.15, -0.1) is 0 Å². The third-order valence-electron chi connectivity index (χ3n) is 3.77. The molecule has 2 aromatic carbocycles. The van der Waals surface area contributed by atoms with Gasteiger partial charge in [-0.2, -0.15) is 0 Å². The minimum Gasteiger partial charge on any atom is -0.497 e. The van der Waals surface area contributed by atoms with Crippen molar-refractivity contribution in [3.8, 4) is 5.75 Å². The van der Waals surface area contributed by atoms with Gasteiger partial charge in [0.1, 0.15) is 11.4 Å². The first-order valence-corrected chi connectivity index (χ1v) is 7.62.